The van der Waals surface area contributed by atoms with Crippen molar-refractivity contribution in [2.24, 2.45) is 0 Å². The molecule has 2 aliphatic heterocycles. The summed E-state index contributed by atoms with van der Waals surface area (Å²) in [6.45, 7) is 5.15. The number of carbonyl (C=O) groups excluding carboxylic acids is 1. The third-order valence-corrected chi connectivity index (χ3v) is 7.15. The normalized spacial score (nSPS) is 18.1. The van der Waals surface area contributed by atoms with Gasteiger partial charge in [-0.3, -0.25) is 4.79 Å². The van der Waals surface area contributed by atoms with E-state index in [-0.39, 0.29) is 17.7 Å². The van der Waals surface area contributed by atoms with E-state index < -0.39 is 11.6 Å². The lowest BCUT2D eigenvalue weighted by atomic mass is 9.94. The quantitative estimate of drug-likeness (QED) is 0.534. The highest BCUT2D eigenvalue weighted by Gasteiger charge is 2.36. The van der Waals surface area contributed by atoms with Crippen molar-refractivity contribution in [2.45, 2.75) is 44.6 Å². The highest BCUT2D eigenvalue weighted by atomic mass is 19.2. The van der Waals surface area contributed by atoms with Gasteiger partial charge in [0.15, 0.2) is 11.6 Å². The summed E-state index contributed by atoms with van der Waals surface area (Å²) >= 11 is 0. The number of amides is 1. The average Bonchev–Trinajstić information content (AvgIpc) is 3.44. The van der Waals surface area contributed by atoms with E-state index in [1.165, 1.54) is 12.4 Å². The molecule has 2 aliphatic rings. The largest absolute Gasteiger partial charge is 0.356 e. The van der Waals surface area contributed by atoms with E-state index in [0.29, 0.717) is 23.5 Å². The van der Waals surface area contributed by atoms with Gasteiger partial charge in [0, 0.05) is 49.4 Å². The Morgan fingerprint density at radius 3 is 2.61 bits per heavy atom. The van der Waals surface area contributed by atoms with Crippen LogP contribution in [0, 0.1) is 11.6 Å². The van der Waals surface area contributed by atoms with Gasteiger partial charge >= 0.3 is 0 Å². The van der Waals surface area contributed by atoms with Crippen molar-refractivity contribution in [3.05, 3.63) is 53.7 Å². The zero-order valence-corrected chi connectivity index (χ0v) is 20.8. The minimum Gasteiger partial charge on any atom is -0.356 e. The van der Waals surface area contributed by atoms with Crippen LogP contribution in [0.1, 0.15) is 49.4 Å². The van der Waals surface area contributed by atoms with Gasteiger partial charge < -0.3 is 19.7 Å². The monoisotopic (exact) mass is 495 g/mol. The van der Waals surface area contributed by atoms with Crippen LogP contribution in [-0.2, 0) is 11.3 Å². The van der Waals surface area contributed by atoms with E-state index in [0.717, 1.165) is 62.3 Å². The maximum atomic E-state index is 13.9. The molecule has 4 heterocycles. The van der Waals surface area contributed by atoms with Gasteiger partial charge in [-0.25, -0.2) is 23.7 Å². The number of fused-ring (bicyclic) bond motifs is 1. The zero-order chi connectivity index (χ0) is 25.4. The first-order valence-electron chi connectivity index (χ1n) is 12.4. The number of nitrogens with one attached hydrogen (secondary N) is 1. The molecule has 10 heteroatoms. The molecule has 1 fully saturated rings. The Balaban J connectivity index is 1.38. The van der Waals surface area contributed by atoms with Crippen molar-refractivity contribution in [3.8, 4) is 11.3 Å². The predicted molar refractivity (Wildman–Crippen MR) is 134 cm³/mol. The summed E-state index contributed by atoms with van der Waals surface area (Å²) in [7, 11) is 4.04. The van der Waals surface area contributed by atoms with E-state index in [2.05, 4.69) is 29.7 Å². The minimum absolute atomic E-state index is 0.0168. The summed E-state index contributed by atoms with van der Waals surface area (Å²) in [5.74, 6) is 0.662. The zero-order valence-electron chi connectivity index (χ0n) is 20.8. The molecule has 1 amide bonds. The molecule has 3 aromatic rings. The second-order valence-corrected chi connectivity index (χ2v) is 9.78. The molecule has 0 spiro atoms. The number of anilines is 2. The van der Waals surface area contributed by atoms with Crippen molar-refractivity contribution in [3.63, 3.8) is 0 Å². The van der Waals surface area contributed by atoms with Crippen molar-refractivity contribution >= 4 is 17.5 Å². The summed E-state index contributed by atoms with van der Waals surface area (Å²) in [5, 5.41) is 2.88. The molecule has 0 saturated carbocycles. The van der Waals surface area contributed by atoms with E-state index >= 15 is 0 Å². The van der Waals surface area contributed by atoms with Crippen molar-refractivity contribution < 1.29 is 13.6 Å². The lowest BCUT2D eigenvalue weighted by Crippen LogP contribution is -2.35. The summed E-state index contributed by atoms with van der Waals surface area (Å²) < 4.78 is 29.5. The van der Waals surface area contributed by atoms with Crippen molar-refractivity contribution in [2.75, 3.05) is 43.9 Å². The Hall–Kier alpha value is -3.40. The third-order valence-electron chi connectivity index (χ3n) is 7.15. The lowest BCUT2D eigenvalue weighted by Gasteiger charge is -2.34. The lowest BCUT2D eigenvalue weighted by molar-refractivity contribution is -0.117. The van der Waals surface area contributed by atoms with E-state index in [9.17, 15) is 13.6 Å². The minimum atomic E-state index is -0.874. The molecule has 2 aromatic heterocycles. The average molecular weight is 496 g/mol. The van der Waals surface area contributed by atoms with Gasteiger partial charge in [-0.2, -0.15) is 0 Å². The third kappa shape index (κ3) is 4.57. The number of aromatic nitrogens is 4. The number of rotatable bonds is 7. The van der Waals surface area contributed by atoms with Gasteiger partial charge in [-0.15, -0.1) is 0 Å². The second-order valence-electron chi connectivity index (χ2n) is 9.78. The number of imidazole rings is 1. The van der Waals surface area contributed by atoms with Gasteiger partial charge in [-0.1, -0.05) is 6.92 Å². The first-order chi connectivity index (χ1) is 17.4. The van der Waals surface area contributed by atoms with Gasteiger partial charge in [0.25, 0.3) is 0 Å². The highest BCUT2D eigenvalue weighted by molar-refractivity contribution is 6.03. The summed E-state index contributed by atoms with van der Waals surface area (Å²) in [5.41, 5.74) is 2.11. The van der Waals surface area contributed by atoms with Gasteiger partial charge in [0.2, 0.25) is 5.91 Å². The molecule has 1 N–H and O–H groups in total. The standard InChI is InChI=1S/C26H31F2N7O/c1-4-18-22-23(32-26(18)36)29-15-30-25(22)34-9-7-16(8-10-34)24-31-21(14-35(24)12-11-33(2)3)17-5-6-19(27)20(28)13-17/h5-6,13-16,18H,4,7-12H2,1-3H3,(H,29,30,32,36). The molecule has 0 bridgehead atoms. The SMILES string of the molecule is CCC1C(=O)Nc2ncnc(N3CCC(c4nc(-c5ccc(F)c(F)c5)cn4CCN(C)C)CC3)c21. The molecule has 0 radical (unpaired) electrons. The van der Waals surface area contributed by atoms with E-state index in [1.807, 2.05) is 27.2 Å². The maximum Gasteiger partial charge on any atom is 0.233 e. The number of nitrogens with zero attached hydrogens (tertiary/aromatic N) is 6. The smallest absolute Gasteiger partial charge is 0.233 e. The second kappa shape index (κ2) is 9.93. The molecule has 190 valence electrons. The Kier molecular flexibility index (Phi) is 6.70. The molecule has 1 aromatic carbocycles. The van der Waals surface area contributed by atoms with Crippen molar-refractivity contribution in [1.82, 2.24) is 24.4 Å². The molecular weight excluding hydrogens is 464 g/mol. The summed E-state index contributed by atoms with van der Waals surface area (Å²) in [6, 6.07) is 3.92. The highest BCUT2D eigenvalue weighted by Crippen LogP contribution is 2.40. The van der Waals surface area contributed by atoms with Crippen LogP contribution < -0.4 is 10.2 Å². The Labute approximate surface area is 209 Å². The first-order valence-corrected chi connectivity index (χ1v) is 12.4. The number of piperidine rings is 1. The van der Waals surface area contributed by atoms with Crippen LogP contribution >= 0.6 is 0 Å². The van der Waals surface area contributed by atoms with Crippen molar-refractivity contribution in [1.29, 1.82) is 0 Å². The molecule has 8 nitrogen and oxygen atoms in total. The number of hydrogen-bond acceptors (Lipinski definition) is 6. The summed E-state index contributed by atoms with van der Waals surface area (Å²) in [6.07, 6.45) is 5.89. The fourth-order valence-electron chi connectivity index (χ4n) is 5.17. The number of halogens is 2. The topological polar surface area (TPSA) is 79.2 Å². The fraction of sp³-hybridized carbons (Fsp3) is 0.462. The first kappa shape index (κ1) is 24.3. The van der Waals surface area contributed by atoms with Crippen LogP contribution in [-0.4, -0.2) is 64.1 Å². The molecule has 1 atom stereocenters. The fourth-order valence-corrected chi connectivity index (χ4v) is 5.17. The van der Waals surface area contributed by atoms with Gasteiger partial charge in [0.1, 0.15) is 23.8 Å². The molecule has 0 aliphatic carbocycles. The van der Waals surface area contributed by atoms with Gasteiger partial charge in [0.05, 0.1) is 11.6 Å². The Bertz CT molecular complexity index is 1270. The molecule has 1 unspecified atom stereocenters. The number of benzene rings is 1. The number of hydrogen-bond donors (Lipinski definition) is 1. The molecule has 5 rings (SSSR count). The summed E-state index contributed by atoms with van der Waals surface area (Å²) in [4.78, 5) is 30.5. The Morgan fingerprint density at radius 1 is 1.14 bits per heavy atom. The van der Waals surface area contributed by atoms with E-state index in [1.54, 1.807) is 6.07 Å². The molecule has 36 heavy (non-hydrogen) atoms. The predicted octanol–water partition coefficient (Wildman–Crippen LogP) is 4.01. The van der Waals surface area contributed by atoms with Crippen LogP contribution in [0.15, 0.2) is 30.7 Å². The Morgan fingerprint density at radius 2 is 1.92 bits per heavy atom. The van der Waals surface area contributed by atoms with Crippen LogP contribution in [0.25, 0.3) is 11.3 Å². The number of likely N-dealkylation sites (N-methyl/N-ethyl adjacent to an activating group) is 1. The van der Waals surface area contributed by atoms with Gasteiger partial charge in [-0.05, 0) is 51.6 Å². The molecular formula is C26H31F2N7O. The number of carbonyl (C=O) groups is 1. The van der Waals surface area contributed by atoms with Crippen LogP contribution in [0.2, 0.25) is 0 Å². The van der Waals surface area contributed by atoms with E-state index in [4.69, 9.17) is 4.98 Å². The van der Waals surface area contributed by atoms with Crippen LogP contribution in [0.5, 0.6) is 0 Å². The van der Waals surface area contributed by atoms with Crippen LogP contribution in [0.3, 0.4) is 0 Å². The maximum absolute atomic E-state index is 13.9. The molecule has 1 saturated heterocycles. The van der Waals surface area contributed by atoms with Crippen LogP contribution in [0.4, 0.5) is 20.4 Å².